The molecule has 0 spiro atoms. The van der Waals surface area contributed by atoms with Crippen LogP contribution in [0.2, 0.25) is 0 Å². The van der Waals surface area contributed by atoms with Crippen LogP contribution >= 0.6 is 0 Å². The number of hydrogen-bond acceptors (Lipinski definition) is 6. The second-order valence-corrected chi connectivity index (χ2v) is 8.24. The first-order valence-corrected chi connectivity index (χ1v) is 10.7. The van der Waals surface area contributed by atoms with Gasteiger partial charge in [-0.2, -0.15) is 0 Å². The van der Waals surface area contributed by atoms with Crippen LogP contribution in [0.5, 0.6) is 5.75 Å². The van der Waals surface area contributed by atoms with E-state index in [0.717, 1.165) is 38.2 Å². The van der Waals surface area contributed by atoms with Gasteiger partial charge in [0.2, 0.25) is 0 Å². The molecule has 0 aliphatic carbocycles. The Morgan fingerprint density at radius 3 is 2.57 bits per heavy atom. The number of piperidine rings is 1. The Balaban J connectivity index is 1.33. The van der Waals surface area contributed by atoms with E-state index >= 15 is 0 Å². The smallest absolute Gasteiger partial charge is 0.276 e. The minimum absolute atomic E-state index is 0.0488. The largest absolute Gasteiger partial charge is 0.496 e. The number of aryl methyl sites for hydroxylation is 2. The van der Waals surface area contributed by atoms with Crippen molar-refractivity contribution in [3.8, 4) is 5.75 Å². The van der Waals surface area contributed by atoms with Crippen LogP contribution in [-0.4, -0.2) is 77.2 Å². The maximum Gasteiger partial charge on any atom is 0.276 e. The van der Waals surface area contributed by atoms with Gasteiger partial charge in [-0.3, -0.25) is 9.69 Å². The van der Waals surface area contributed by atoms with Crippen molar-refractivity contribution in [2.75, 3.05) is 46.5 Å². The van der Waals surface area contributed by atoms with E-state index in [-0.39, 0.29) is 5.91 Å². The number of benzene rings is 1. The fraction of sp³-hybridized carbons (Fsp3) is 0.591. The van der Waals surface area contributed by atoms with Crippen molar-refractivity contribution < 1.29 is 14.3 Å². The van der Waals surface area contributed by atoms with Gasteiger partial charge >= 0.3 is 0 Å². The number of aromatic nitrogens is 3. The van der Waals surface area contributed by atoms with Crippen LogP contribution in [0.1, 0.15) is 46.1 Å². The quantitative estimate of drug-likeness (QED) is 0.748. The summed E-state index contributed by atoms with van der Waals surface area (Å²) in [4.78, 5) is 16.9. The standard InChI is InChI=1S/C22H31N5O3/c1-16-13-21(29-3)17(2)12-18(16)14-25-6-4-19(5-7-25)27-15-20(23-24-27)22(28)26-8-10-30-11-9-26/h12-13,15,19H,4-11,14H2,1-3H3. The first-order chi connectivity index (χ1) is 14.5. The molecule has 0 radical (unpaired) electrons. The summed E-state index contributed by atoms with van der Waals surface area (Å²) in [5.41, 5.74) is 4.23. The monoisotopic (exact) mass is 413 g/mol. The van der Waals surface area contributed by atoms with Crippen molar-refractivity contribution in [2.24, 2.45) is 0 Å². The molecule has 3 heterocycles. The van der Waals surface area contributed by atoms with Crippen LogP contribution in [0, 0.1) is 13.8 Å². The molecule has 4 rings (SSSR count). The molecule has 8 heteroatoms. The lowest BCUT2D eigenvalue weighted by atomic mass is 10.0. The topological polar surface area (TPSA) is 72.7 Å². The highest BCUT2D eigenvalue weighted by Crippen LogP contribution is 2.27. The number of likely N-dealkylation sites (tertiary alicyclic amines) is 1. The van der Waals surface area contributed by atoms with Gasteiger partial charge in [0.25, 0.3) is 5.91 Å². The number of carbonyl (C=O) groups excluding carboxylic acids is 1. The minimum atomic E-state index is -0.0488. The summed E-state index contributed by atoms with van der Waals surface area (Å²) in [5.74, 6) is 0.899. The maximum absolute atomic E-state index is 12.6. The summed E-state index contributed by atoms with van der Waals surface area (Å²) in [6, 6.07) is 4.65. The molecular formula is C22H31N5O3. The third-order valence-electron chi connectivity index (χ3n) is 6.21. The van der Waals surface area contributed by atoms with E-state index < -0.39 is 0 Å². The van der Waals surface area contributed by atoms with Crippen molar-refractivity contribution in [3.63, 3.8) is 0 Å². The van der Waals surface area contributed by atoms with Gasteiger partial charge < -0.3 is 14.4 Å². The molecule has 1 aromatic heterocycles. The van der Waals surface area contributed by atoms with Gasteiger partial charge in [0, 0.05) is 32.7 Å². The maximum atomic E-state index is 12.6. The second kappa shape index (κ2) is 9.14. The first kappa shape index (κ1) is 20.8. The molecule has 30 heavy (non-hydrogen) atoms. The summed E-state index contributed by atoms with van der Waals surface area (Å²) in [6.45, 7) is 9.60. The summed E-state index contributed by atoms with van der Waals surface area (Å²) in [5, 5.41) is 8.41. The predicted molar refractivity (Wildman–Crippen MR) is 113 cm³/mol. The van der Waals surface area contributed by atoms with E-state index in [4.69, 9.17) is 9.47 Å². The number of rotatable bonds is 5. The van der Waals surface area contributed by atoms with Crippen LogP contribution in [0.15, 0.2) is 18.3 Å². The normalized spacial score (nSPS) is 18.6. The molecule has 0 atom stereocenters. The number of ether oxygens (including phenoxy) is 2. The number of hydrogen-bond donors (Lipinski definition) is 0. The van der Waals surface area contributed by atoms with Gasteiger partial charge in [0.15, 0.2) is 5.69 Å². The average molecular weight is 414 g/mol. The Kier molecular flexibility index (Phi) is 6.34. The summed E-state index contributed by atoms with van der Waals surface area (Å²) in [7, 11) is 1.72. The summed E-state index contributed by atoms with van der Waals surface area (Å²) < 4.78 is 12.6. The van der Waals surface area contributed by atoms with Gasteiger partial charge in [-0.1, -0.05) is 11.3 Å². The SMILES string of the molecule is COc1cc(C)c(CN2CCC(n3cc(C(=O)N4CCOCC4)nn3)CC2)cc1C. The number of morpholine rings is 1. The molecule has 2 aromatic rings. The Labute approximate surface area is 177 Å². The molecule has 0 saturated carbocycles. The lowest BCUT2D eigenvalue weighted by Crippen LogP contribution is -2.40. The molecule has 2 saturated heterocycles. The first-order valence-electron chi connectivity index (χ1n) is 10.7. The Morgan fingerprint density at radius 1 is 1.13 bits per heavy atom. The fourth-order valence-electron chi connectivity index (χ4n) is 4.30. The van der Waals surface area contributed by atoms with Gasteiger partial charge in [-0.05, 0) is 49.4 Å². The second-order valence-electron chi connectivity index (χ2n) is 8.24. The number of nitrogens with zero attached hydrogens (tertiary/aromatic N) is 5. The zero-order chi connectivity index (χ0) is 21.1. The van der Waals surface area contributed by atoms with Gasteiger partial charge in [0.05, 0.1) is 32.6 Å². The van der Waals surface area contributed by atoms with E-state index in [0.29, 0.717) is 38.0 Å². The average Bonchev–Trinajstić information content (AvgIpc) is 3.27. The molecule has 2 aliphatic heterocycles. The fourth-order valence-corrected chi connectivity index (χ4v) is 4.30. The molecule has 0 bridgehead atoms. The van der Waals surface area contributed by atoms with E-state index in [9.17, 15) is 4.79 Å². The molecule has 0 N–H and O–H groups in total. The van der Waals surface area contributed by atoms with E-state index in [1.807, 2.05) is 10.9 Å². The van der Waals surface area contributed by atoms with Crippen molar-refractivity contribution in [3.05, 3.63) is 40.7 Å². The molecule has 1 amide bonds. The lowest BCUT2D eigenvalue weighted by Gasteiger charge is -2.32. The molecular weight excluding hydrogens is 382 g/mol. The third-order valence-corrected chi connectivity index (χ3v) is 6.21. The van der Waals surface area contributed by atoms with Crippen LogP contribution in [0.4, 0.5) is 0 Å². The number of carbonyl (C=O) groups is 1. The highest BCUT2D eigenvalue weighted by Gasteiger charge is 2.25. The Morgan fingerprint density at radius 2 is 1.87 bits per heavy atom. The van der Waals surface area contributed by atoms with Crippen LogP contribution in [0.25, 0.3) is 0 Å². The van der Waals surface area contributed by atoms with Gasteiger partial charge in [-0.15, -0.1) is 5.10 Å². The van der Waals surface area contributed by atoms with Crippen molar-refractivity contribution in [1.82, 2.24) is 24.8 Å². The predicted octanol–water partition coefficient (Wildman–Crippen LogP) is 2.21. The van der Waals surface area contributed by atoms with Crippen LogP contribution < -0.4 is 4.74 Å². The molecule has 2 aliphatic rings. The van der Waals surface area contributed by atoms with E-state index in [1.54, 1.807) is 12.0 Å². The number of methoxy groups -OCH3 is 1. The molecule has 1 aromatic carbocycles. The highest BCUT2D eigenvalue weighted by molar-refractivity contribution is 5.92. The minimum Gasteiger partial charge on any atom is -0.496 e. The van der Waals surface area contributed by atoms with Crippen molar-refractivity contribution in [1.29, 1.82) is 0 Å². The zero-order valence-electron chi connectivity index (χ0n) is 18.1. The van der Waals surface area contributed by atoms with Crippen LogP contribution in [-0.2, 0) is 11.3 Å². The Hall–Kier alpha value is -2.45. The summed E-state index contributed by atoms with van der Waals surface area (Å²) in [6.07, 6.45) is 3.82. The Bertz CT molecular complexity index is 883. The molecule has 162 valence electrons. The molecule has 2 fully saturated rings. The summed E-state index contributed by atoms with van der Waals surface area (Å²) >= 11 is 0. The lowest BCUT2D eigenvalue weighted by molar-refractivity contribution is 0.0299. The van der Waals surface area contributed by atoms with E-state index in [2.05, 4.69) is 41.2 Å². The van der Waals surface area contributed by atoms with E-state index in [1.165, 1.54) is 16.7 Å². The molecule has 0 unspecified atom stereocenters. The van der Waals surface area contributed by atoms with Crippen molar-refractivity contribution >= 4 is 5.91 Å². The van der Waals surface area contributed by atoms with Gasteiger partial charge in [0.1, 0.15) is 5.75 Å². The third kappa shape index (κ3) is 4.49. The molecule has 8 nitrogen and oxygen atoms in total. The number of amides is 1. The zero-order valence-corrected chi connectivity index (χ0v) is 18.1. The van der Waals surface area contributed by atoms with Crippen LogP contribution in [0.3, 0.4) is 0 Å². The van der Waals surface area contributed by atoms with Crippen molar-refractivity contribution in [2.45, 2.75) is 39.3 Å². The highest BCUT2D eigenvalue weighted by atomic mass is 16.5. The van der Waals surface area contributed by atoms with Gasteiger partial charge in [-0.25, -0.2) is 4.68 Å².